The molecule has 0 unspecified atom stereocenters. The van der Waals surface area contributed by atoms with Crippen LogP contribution in [0.3, 0.4) is 0 Å². The molecule has 0 aromatic heterocycles. The zero-order valence-electron chi connectivity index (χ0n) is 21.3. The molecule has 38 heavy (non-hydrogen) atoms. The fourth-order valence-electron chi connectivity index (χ4n) is 4.77. The Morgan fingerprint density at radius 2 is 1.87 bits per heavy atom. The molecule has 3 heterocycles. The molecule has 0 radical (unpaired) electrons. The molecule has 2 amide bonds. The highest BCUT2D eigenvalue weighted by atomic mass is 19.1. The van der Waals surface area contributed by atoms with Crippen LogP contribution in [0.2, 0.25) is 0 Å². The van der Waals surface area contributed by atoms with Crippen molar-refractivity contribution in [3.63, 3.8) is 0 Å². The first kappa shape index (κ1) is 26.1. The van der Waals surface area contributed by atoms with Gasteiger partial charge >= 0.3 is 0 Å². The molecule has 1 atom stereocenters. The zero-order valence-corrected chi connectivity index (χ0v) is 21.3. The predicted octanol–water partition coefficient (Wildman–Crippen LogP) is 2.04. The molecule has 0 bridgehead atoms. The van der Waals surface area contributed by atoms with Gasteiger partial charge in [0.15, 0.2) is 11.5 Å². The van der Waals surface area contributed by atoms with Gasteiger partial charge in [0.25, 0.3) is 5.91 Å². The molecule has 0 saturated carbocycles. The van der Waals surface area contributed by atoms with E-state index in [0.29, 0.717) is 49.9 Å². The molecule has 2 aromatic carbocycles. The van der Waals surface area contributed by atoms with Crippen LogP contribution in [-0.4, -0.2) is 98.8 Å². The van der Waals surface area contributed by atoms with Crippen molar-refractivity contribution in [2.75, 3.05) is 66.4 Å². The first-order chi connectivity index (χ1) is 18.5. The van der Waals surface area contributed by atoms with E-state index in [1.54, 1.807) is 12.1 Å². The average molecular weight is 527 g/mol. The number of amides is 2. The van der Waals surface area contributed by atoms with Crippen LogP contribution in [0.5, 0.6) is 11.5 Å². The zero-order chi connectivity index (χ0) is 26.5. The summed E-state index contributed by atoms with van der Waals surface area (Å²) >= 11 is 0. The first-order valence-electron chi connectivity index (χ1n) is 12.6. The first-order valence-corrected chi connectivity index (χ1v) is 12.6. The van der Waals surface area contributed by atoms with Gasteiger partial charge in [-0.3, -0.25) is 14.5 Å². The van der Waals surface area contributed by atoms with Crippen molar-refractivity contribution in [1.82, 2.24) is 14.8 Å². The second-order valence-corrected chi connectivity index (χ2v) is 9.33. The van der Waals surface area contributed by atoms with E-state index < -0.39 is 6.04 Å². The van der Waals surface area contributed by atoms with Crippen molar-refractivity contribution in [3.05, 3.63) is 59.4 Å². The van der Waals surface area contributed by atoms with E-state index in [0.717, 1.165) is 24.2 Å². The maximum atomic E-state index is 13.7. The standard InChI is InChI=1S/C27H31FN4O6/c1-35-17-27(34)31(9-8-30-10-12-36-13-11-30)16-26(33)32-23(20-4-7-24-25(14-20)38-18-37-24)15-22(29-32)19-2-5-21(28)6-3-19/h2-7,14,23H,8-13,15-18H2,1H3/t23-/m0/s1. The summed E-state index contributed by atoms with van der Waals surface area (Å²) in [6.07, 6.45) is 0.427. The lowest BCUT2D eigenvalue weighted by atomic mass is 9.98. The van der Waals surface area contributed by atoms with Crippen LogP contribution in [0.1, 0.15) is 23.6 Å². The van der Waals surface area contributed by atoms with Crippen LogP contribution in [0.25, 0.3) is 0 Å². The fraction of sp³-hybridized carbons (Fsp3) is 0.444. The molecule has 3 aliphatic heterocycles. The van der Waals surface area contributed by atoms with Crippen molar-refractivity contribution >= 4 is 17.5 Å². The Kier molecular flexibility index (Phi) is 8.16. The minimum Gasteiger partial charge on any atom is -0.454 e. The van der Waals surface area contributed by atoms with Crippen molar-refractivity contribution in [2.24, 2.45) is 5.10 Å². The van der Waals surface area contributed by atoms with Crippen LogP contribution in [-0.2, 0) is 19.1 Å². The predicted molar refractivity (Wildman–Crippen MR) is 135 cm³/mol. The number of nitrogens with zero attached hydrogens (tertiary/aromatic N) is 4. The molecule has 3 aliphatic rings. The number of hydrazone groups is 1. The van der Waals surface area contributed by atoms with Gasteiger partial charge in [0, 0.05) is 39.7 Å². The van der Waals surface area contributed by atoms with E-state index >= 15 is 0 Å². The third kappa shape index (κ3) is 5.95. The van der Waals surface area contributed by atoms with E-state index in [4.69, 9.17) is 18.9 Å². The highest BCUT2D eigenvalue weighted by molar-refractivity contribution is 6.03. The smallest absolute Gasteiger partial charge is 0.262 e. The number of rotatable bonds is 9. The minimum absolute atomic E-state index is 0.119. The number of hydrogen-bond donors (Lipinski definition) is 0. The maximum Gasteiger partial charge on any atom is 0.262 e. The second-order valence-electron chi connectivity index (χ2n) is 9.33. The quantitative estimate of drug-likeness (QED) is 0.494. The summed E-state index contributed by atoms with van der Waals surface area (Å²) in [7, 11) is 1.45. The lowest BCUT2D eigenvalue weighted by Crippen LogP contribution is -2.47. The van der Waals surface area contributed by atoms with Gasteiger partial charge in [0.2, 0.25) is 12.7 Å². The highest BCUT2D eigenvalue weighted by Crippen LogP contribution is 2.39. The fourth-order valence-corrected chi connectivity index (χ4v) is 4.77. The topological polar surface area (TPSA) is 93.1 Å². The van der Waals surface area contributed by atoms with E-state index in [2.05, 4.69) is 10.0 Å². The van der Waals surface area contributed by atoms with Gasteiger partial charge in [0.1, 0.15) is 19.0 Å². The third-order valence-corrected chi connectivity index (χ3v) is 6.86. The molecule has 10 nitrogen and oxygen atoms in total. The largest absolute Gasteiger partial charge is 0.454 e. The summed E-state index contributed by atoms with van der Waals surface area (Å²) in [5.41, 5.74) is 2.21. The van der Waals surface area contributed by atoms with Crippen molar-refractivity contribution in [1.29, 1.82) is 0 Å². The second kappa shape index (κ2) is 11.9. The molecule has 2 aromatic rings. The normalized spacial score (nSPS) is 18.9. The Hall–Kier alpha value is -3.54. The van der Waals surface area contributed by atoms with Crippen LogP contribution in [0.4, 0.5) is 4.39 Å². The van der Waals surface area contributed by atoms with Crippen LogP contribution in [0.15, 0.2) is 47.6 Å². The number of carbonyl (C=O) groups is 2. The van der Waals surface area contributed by atoms with Gasteiger partial charge in [-0.1, -0.05) is 18.2 Å². The van der Waals surface area contributed by atoms with Gasteiger partial charge in [0.05, 0.1) is 25.0 Å². The number of carbonyl (C=O) groups excluding carboxylic acids is 2. The summed E-state index contributed by atoms with van der Waals surface area (Å²) in [4.78, 5) is 30.3. The van der Waals surface area contributed by atoms with Crippen molar-refractivity contribution in [3.8, 4) is 11.5 Å². The maximum absolute atomic E-state index is 13.7. The number of benzene rings is 2. The van der Waals surface area contributed by atoms with Gasteiger partial charge in [-0.05, 0) is 35.4 Å². The summed E-state index contributed by atoms with van der Waals surface area (Å²) in [6, 6.07) is 11.2. The Morgan fingerprint density at radius 1 is 1.11 bits per heavy atom. The Bertz CT molecular complexity index is 1180. The molecule has 1 saturated heterocycles. The summed E-state index contributed by atoms with van der Waals surface area (Å²) < 4.78 is 35.0. The summed E-state index contributed by atoms with van der Waals surface area (Å²) in [5, 5.41) is 6.09. The lowest BCUT2D eigenvalue weighted by Gasteiger charge is -2.31. The van der Waals surface area contributed by atoms with E-state index in [-0.39, 0.29) is 37.6 Å². The van der Waals surface area contributed by atoms with Gasteiger partial charge in [-0.2, -0.15) is 5.10 Å². The van der Waals surface area contributed by atoms with Gasteiger partial charge < -0.3 is 23.8 Å². The number of ether oxygens (including phenoxy) is 4. The van der Waals surface area contributed by atoms with E-state index in [1.807, 2.05) is 18.2 Å². The third-order valence-electron chi connectivity index (χ3n) is 6.86. The summed E-state index contributed by atoms with van der Waals surface area (Å²) in [5.74, 6) is 0.309. The van der Waals surface area contributed by atoms with Crippen LogP contribution >= 0.6 is 0 Å². The van der Waals surface area contributed by atoms with E-state index in [1.165, 1.54) is 29.2 Å². The monoisotopic (exact) mass is 526 g/mol. The van der Waals surface area contributed by atoms with Gasteiger partial charge in [-0.25, -0.2) is 9.40 Å². The highest BCUT2D eigenvalue weighted by Gasteiger charge is 2.35. The minimum atomic E-state index is -0.421. The van der Waals surface area contributed by atoms with Crippen LogP contribution in [0, 0.1) is 5.82 Å². The average Bonchev–Trinajstić information content (AvgIpc) is 3.59. The molecular formula is C27H31FN4O6. The molecule has 0 aliphatic carbocycles. The Morgan fingerprint density at radius 3 is 2.63 bits per heavy atom. The Labute approximate surface area is 220 Å². The van der Waals surface area contributed by atoms with Crippen LogP contribution < -0.4 is 9.47 Å². The number of fused-ring (bicyclic) bond motifs is 1. The van der Waals surface area contributed by atoms with Crippen molar-refractivity contribution in [2.45, 2.75) is 12.5 Å². The lowest BCUT2D eigenvalue weighted by molar-refractivity contribution is -0.143. The van der Waals surface area contributed by atoms with E-state index in [9.17, 15) is 14.0 Å². The van der Waals surface area contributed by atoms with Gasteiger partial charge in [-0.15, -0.1) is 0 Å². The summed E-state index contributed by atoms with van der Waals surface area (Å²) in [6.45, 7) is 3.75. The molecule has 5 rings (SSSR count). The number of halogens is 1. The Balaban J connectivity index is 1.37. The molecule has 1 fully saturated rings. The molecule has 0 spiro atoms. The molecule has 11 heteroatoms. The SMILES string of the molecule is COCC(=O)N(CCN1CCOCC1)CC(=O)N1N=C(c2ccc(F)cc2)C[C@H]1c1ccc2c(c1)OCO2. The molecule has 0 N–H and O–H groups in total. The molecule has 202 valence electrons. The number of methoxy groups -OCH3 is 1. The number of hydrogen-bond acceptors (Lipinski definition) is 8. The molecular weight excluding hydrogens is 495 g/mol. The van der Waals surface area contributed by atoms with Crippen molar-refractivity contribution < 1.29 is 32.9 Å². The number of morpholine rings is 1.